The van der Waals surface area contributed by atoms with Crippen LogP contribution < -0.4 is 21.3 Å². The summed E-state index contributed by atoms with van der Waals surface area (Å²) in [5, 5.41) is 13.0. The number of H-pyrrole nitrogens is 1. The third-order valence-corrected chi connectivity index (χ3v) is 6.52. The van der Waals surface area contributed by atoms with Crippen molar-refractivity contribution in [3.63, 3.8) is 0 Å². The van der Waals surface area contributed by atoms with Crippen LogP contribution in [0.15, 0.2) is 52.2 Å². The molecule has 1 fully saturated rings. The first kappa shape index (κ1) is 24.8. The van der Waals surface area contributed by atoms with Crippen molar-refractivity contribution in [2.75, 3.05) is 6.54 Å². The van der Waals surface area contributed by atoms with E-state index in [1.807, 2.05) is 0 Å². The number of ether oxygens (including phenoxy) is 2. The topological polar surface area (TPSA) is 123 Å². The van der Waals surface area contributed by atoms with Gasteiger partial charge < -0.3 is 19.9 Å². The number of hydrogen-bond acceptors (Lipinski definition) is 6. The number of aromatic amines is 1. The van der Waals surface area contributed by atoms with Crippen LogP contribution in [0.2, 0.25) is 0 Å². The molecule has 1 amide bonds. The molecule has 3 N–H and O–H groups in total. The number of hydrogen-bond donors (Lipinski definition) is 3. The van der Waals surface area contributed by atoms with Gasteiger partial charge in [-0.1, -0.05) is 6.92 Å². The van der Waals surface area contributed by atoms with Crippen LogP contribution in [0.5, 0.6) is 11.5 Å². The maximum atomic E-state index is 15.0. The van der Waals surface area contributed by atoms with Crippen LogP contribution in [0.3, 0.4) is 0 Å². The van der Waals surface area contributed by atoms with E-state index in [1.54, 1.807) is 6.92 Å². The summed E-state index contributed by atoms with van der Waals surface area (Å²) < 4.78 is 55.1. The number of aromatic nitrogens is 2. The van der Waals surface area contributed by atoms with Gasteiger partial charge in [0, 0.05) is 29.4 Å². The zero-order valence-electron chi connectivity index (χ0n) is 19.4. The van der Waals surface area contributed by atoms with Gasteiger partial charge in [0.25, 0.3) is 5.56 Å². The number of aliphatic hydroxyl groups is 1. The molecule has 0 aliphatic carbocycles. The van der Waals surface area contributed by atoms with E-state index in [1.165, 1.54) is 18.3 Å². The molecule has 12 heteroatoms. The Kier molecular flexibility index (Phi) is 6.38. The number of amides is 1. The molecule has 0 bridgehead atoms. The zero-order valence-corrected chi connectivity index (χ0v) is 19.4. The monoisotopic (exact) mass is 517 g/mol. The number of carbonyl (C=O) groups is 1. The lowest BCUT2D eigenvalue weighted by Crippen LogP contribution is -2.41. The second kappa shape index (κ2) is 9.52. The lowest BCUT2D eigenvalue weighted by atomic mass is 9.87. The van der Waals surface area contributed by atoms with Crippen molar-refractivity contribution in [2.45, 2.75) is 43.9 Å². The molecule has 0 unspecified atom stereocenters. The van der Waals surface area contributed by atoms with Gasteiger partial charge in [0.15, 0.2) is 12.4 Å². The van der Waals surface area contributed by atoms with E-state index in [2.05, 4.69) is 10.3 Å². The molecule has 2 aliphatic rings. The Balaban J connectivity index is 1.38. The molecule has 0 radical (unpaired) electrons. The molecule has 9 nitrogen and oxygen atoms in total. The Morgan fingerprint density at radius 1 is 1.11 bits per heavy atom. The molecule has 1 aromatic heterocycles. The van der Waals surface area contributed by atoms with Gasteiger partial charge in [-0.3, -0.25) is 19.1 Å². The Hall–Kier alpha value is -3.90. The van der Waals surface area contributed by atoms with E-state index in [0.717, 1.165) is 28.8 Å². The first-order chi connectivity index (χ1) is 17.7. The van der Waals surface area contributed by atoms with Crippen molar-refractivity contribution in [3.8, 4) is 11.5 Å². The normalized spacial score (nSPS) is 22.7. The second-order valence-electron chi connectivity index (χ2n) is 8.82. The van der Waals surface area contributed by atoms with E-state index in [0.29, 0.717) is 0 Å². The molecule has 0 saturated carbocycles. The molecule has 0 spiro atoms. The molecular weight excluding hydrogens is 495 g/mol. The van der Waals surface area contributed by atoms with Gasteiger partial charge in [-0.05, 0) is 42.8 Å². The van der Waals surface area contributed by atoms with Crippen LogP contribution >= 0.6 is 0 Å². The van der Waals surface area contributed by atoms with E-state index in [4.69, 9.17) is 9.47 Å². The van der Waals surface area contributed by atoms with Gasteiger partial charge in [-0.2, -0.15) is 0 Å². The van der Waals surface area contributed by atoms with Crippen LogP contribution in [0.25, 0.3) is 0 Å². The van der Waals surface area contributed by atoms with Crippen LogP contribution in [-0.2, 0) is 16.0 Å². The van der Waals surface area contributed by atoms with Gasteiger partial charge >= 0.3 is 5.69 Å². The molecule has 2 aromatic carbocycles. The fourth-order valence-corrected chi connectivity index (χ4v) is 4.61. The van der Waals surface area contributed by atoms with Gasteiger partial charge in [0.1, 0.15) is 35.3 Å². The largest absolute Gasteiger partial charge is 0.457 e. The molecule has 5 rings (SSSR count). The molecule has 3 heterocycles. The Labute approximate surface area is 207 Å². The van der Waals surface area contributed by atoms with Crippen LogP contribution in [0.1, 0.15) is 35.8 Å². The number of fused-ring (bicyclic) bond motifs is 2. The average Bonchev–Trinajstić information content (AvgIpc) is 3.14. The van der Waals surface area contributed by atoms with Crippen LogP contribution in [0, 0.1) is 11.6 Å². The van der Waals surface area contributed by atoms with Gasteiger partial charge in [-0.15, -0.1) is 0 Å². The second-order valence-corrected chi connectivity index (χ2v) is 8.82. The highest BCUT2D eigenvalue weighted by Crippen LogP contribution is 2.44. The summed E-state index contributed by atoms with van der Waals surface area (Å²) in [5.74, 6) is -2.68. The minimum atomic E-state index is -2.04. The Morgan fingerprint density at radius 3 is 2.32 bits per heavy atom. The Morgan fingerprint density at radius 2 is 1.73 bits per heavy atom. The Bertz CT molecular complexity index is 1440. The number of aryl methyl sites for hydroxylation is 1. The highest BCUT2D eigenvalue weighted by Gasteiger charge is 2.46. The minimum Gasteiger partial charge on any atom is -0.457 e. The van der Waals surface area contributed by atoms with Crippen molar-refractivity contribution in [1.29, 1.82) is 0 Å². The van der Waals surface area contributed by atoms with Crippen LogP contribution in [-0.4, -0.2) is 45.5 Å². The predicted molar refractivity (Wildman–Crippen MR) is 123 cm³/mol. The highest BCUT2D eigenvalue weighted by molar-refractivity contribution is 5.89. The van der Waals surface area contributed by atoms with Crippen LogP contribution in [0.4, 0.5) is 13.2 Å². The third-order valence-electron chi connectivity index (χ3n) is 6.52. The maximum Gasteiger partial charge on any atom is 0.330 e. The molecular formula is C25H22F3N3O6. The lowest BCUT2D eigenvalue weighted by molar-refractivity contribution is -0.123. The summed E-state index contributed by atoms with van der Waals surface area (Å²) in [5.41, 5.74) is -0.969. The first-order valence-corrected chi connectivity index (χ1v) is 11.5. The van der Waals surface area contributed by atoms with Gasteiger partial charge in [-0.25, -0.2) is 18.0 Å². The van der Waals surface area contributed by atoms with E-state index < -0.39 is 59.3 Å². The maximum absolute atomic E-state index is 15.0. The van der Waals surface area contributed by atoms with Crippen molar-refractivity contribution in [1.82, 2.24) is 14.9 Å². The summed E-state index contributed by atoms with van der Waals surface area (Å²) in [7, 11) is 0. The summed E-state index contributed by atoms with van der Waals surface area (Å²) in [4.78, 5) is 39.5. The van der Waals surface area contributed by atoms with Gasteiger partial charge in [0.05, 0.1) is 5.92 Å². The summed E-state index contributed by atoms with van der Waals surface area (Å²) in [6, 6.07) is 7.24. The molecule has 4 atom stereocenters. The number of alkyl halides is 1. The number of nitrogens with zero attached hydrogens (tertiary/aromatic N) is 1. The number of rotatable bonds is 5. The number of aliphatic hydroxyl groups excluding tert-OH is 1. The summed E-state index contributed by atoms with van der Waals surface area (Å²) >= 11 is 0. The zero-order chi connectivity index (χ0) is 26.4. The number of benzene rings is 2. The first-order valence-electron chi connectivity index (χ1n) is 11.5. The highest BCUT2D eigenvalue weighted by atomic mass is 19.1. The standard InChI is InChI=1S/C25H22F3N3O6/c1-2-11-10-31(25(35)30-22(11)33)24-20(28)21(32)18(37-24)9-29-23(34)19-14-7-12(26)3-5-16(14)36-17-6-4-13(27)8-15(17)19/h3-8,10,18-21,24,32H,2,9H2,1H3,(H,29,34)(H,30,33,35)/t18-,20+,21-,24-/m1/s1. The van der Waals surface area contributed by atoms with Gasteiger partial charge in [0.2, 0.25) is 5.91 Å². The molecule has 3 aromatic rings. The minimum absolute atomic E-state index is 0.164. The molecule has 1 saturated heterocycles. The van der Waals surface area contributed by atoms with Crippen molar-refractivity contribution >= 4 is 5.91 Å². The fraction of sp³-hybridized carbons (Fsp3) is 0.320. The quantitative estimate of drug-likeness (QED) is 0.476. The molecule has 37 heavy (non-hydrogen) atoms. The number of halogens is 3. The van der Waals surface area contributed by atoms with E-state index in [9.17, 15) is 32.7 Å². The molecule has 194 valence electrons. The van der Waals surface area contributed by atoms with E-state index >= 15 is 0 Å². The number of nitrogens with one attached hydrogen (secondary N) is 2. The smallest absolute Gasteiger partial charge is 0.330 e. The van der Waals surface area contributed by atoms with Crippen molar-refractivity contribution in [2.24, 2.45) is 0 Å². The summed E-state index contributed by atoms with van der Waals surface area (Å²) in [6.07, 6.45) is -5.10. The summed E-state index contributed by atoms with van der Waals surface area (Å²) in [6.45, 7) is 1.31. The molecule has 2 aliphatic heterocycles. The average molecular weight is 517 g/mol. The predicted octanol–water partition coefficient (Wildman–Crippen LogP) is 2.03. The van der Waals surface area contributed by atoms with Crippen molar-refractivity contribution < 1.29 is 32.5 Å². The van der Waals surface area contributed by atoms with E-state index in [-0.39, 0.29) is 41.2 Å². The fourth-order valence-electron chi connectivity index (χ4n) is 4.61. The third kappa shape index (κ3) is 4.42. The number of carbonyl (C=O) groups excluding carboxylic acids is 1. The van der Waals surface area contributed by atoms with Crippen molar-refractivity contribution in [3.05, 3.63) is 91.8 Å². The SMILES string of the molecule is CCc1cn([C@@H]2O[C@H](CNC(=O)C3c4cc(F)ccc4Oc4ccc(F)cc43)[C@@H](O)[C@@H]2F)c(=O)[nH]c1=O. The lowest BCUT2D eigenvalue weighted by Gasteiger charge is -2.28.